The molecule has 0 saturated carbocycles. The fraction of sp³-hybridized carbons (Fsp3) is 0.600. The third-order valence-electron chi connectivity index (χ3n) is 4.41. The van der Waals surface area contributed by atoms with Gasteiger partial charge in [0.2, 0.25) is 0 Å². The first kappa shape index (κ1) is 14.1. The van der Waals surface area contributed by atoms with Crippen LogP contribution in [0.1, 0.15) is 19.8 Å². The van der Waals surface area contributed by atoms with E-state index in [0.29, 0.717) is 25.4 Å². The van der Waals surface area contributed by atoms with Crippen LogP contribution in [0.25, 0.3) is 0 Å². The maximum atomic E-state index is 12.6. The minimum Gasteiger partial charge on any atom is -0.396 e. The van der Waals surface area contributed by atoms with Crippen LogP contribution in [0.5, 0.6) is 0 Å². The summed E-state index contributed by atoms with van der Waals surface area (Å²) in [6, 6.07) is 1.92. The fourth-order valence-electron chi connectivity index (χ4n) is 3.12. The highest BCUT2D eigenvalue weighted by atomic mass is 16.5. The van der Waals surface area contributed by atoms with Crippen molar-refractivity contribution >= 4 is 17.3 Å². The molecule has 6 nitrogen and oxygen atoms in total. The number of hydrogen-bond acceptors (Lipinski definition) is 5. The lowest BCUT2D eigenvalue weighted by molar-refractivity contribution is -0.151. The molecule has 0 aliphatic carbocycles. The van der Waals surface area contributed by atoms with Crippen LogP contribution in [0.4, 0.5) is 11.4 Å². The van der Waals surface area contributed by atoms with Gasteiger partial charge in [0.1, 0.15) is 5.60 Å². The Labute approximate surface area is 124 Å². The molecule has 114 valence electrons. The summed E-state index contributed by atoms with van der Waals surface area (Å²) in [7, 11) is 0. The van der Waals surface area contributed by atoms with E-state index in [1.807, 2.05) is 17.9 Å². The van der Waals surface area contributed by atoms with Crippen LogP contribution in [0.2, 0.25) is 0 Å². The van der Waals surface area contributed by atoms with Gasteiger partial charge in [-0.1, -0.05) is 0 Å². The fourth-order valence-corrected chi connectivity index (χ4v) is 3.12. The summed E-state index contributed by atoms with van der Waals surface area (Å²) >= 11 is 0. The van der Waals surface area contributed by atoms with Crippen molar-refractivity contribution < 1.29 is 9.53 Å². The van der Waals surface area contributed by atoms with E-state index in [4.69, 9.17) is 10.5 Å². The number of rotatable bonds is 2. The van der Waals surface area contributed by atoms with Crippen LogP contribution in [0, 0.1) is 0 Å². The zero-order chi connectivity index (χ0) is 14.9. The van der Waals surface area contributed by atoms with E-state index < -0.39 is 5.60 Å². The van der Waals surface area contributed by atoms with Gasteiger partial charge in [-0.3, -0.25) is 9.78 Å². The Kier molecular flexibility index (Phi) is 3.71. The van der Waals surface area contributed by atoms with Crippen LogP contribution in [-0.4, -0.2) is 54.2 Å². The number of carbonyl (C=O) groups is 1. The zero-order valence-electron chi connectivity index (χ0n) is 12.4. The number of carbonyl (C=O) groups excluding carboxylic acids is 1. The molecule has 2 N–H and O–H groups in total. The highest BCUT2D eigenvalue weighted by Gasteiger charge is 2.41. The highest BCUT2D eigenvalue weighted by molar-refractivity contribution is 5.85. The molecule has 1 amide bonds. The average Bonchev–Trinajstić information content (AvgIpc) is 2.95. The molecule has 0 radical (unpaired) electrons. The predicted octanol–water partition coefficient (Wildman–Crippen LogP) is 0.881. The molecule has 2 saturated heterocycles. The van der Waals surface area contributed by atoms with E-state index in [2.05, 4.69) is 9.88 Å². The Bertz CT molecular complexity index is 520. The summed E-state index contributed by atoms with van der Waals surface area (Å²) in [4.78, 5) is 20.7. The molecule has 0 bridgehead atoms. The number of ether oxygens (including phenoxy) is 1. The molecule has 1 aromatic heterocycles. The predicted molar refractivity (Wildman–Crippen MR) is 81.0 cm³/mol. The van der Waals surface area contributed by atoms with Crippen LogP contribution in [0.15, 0.2) is 18.5 Å². The second-order valence-corrected chi connectivity index (χ2v) is 5.90. The van der Waals surface area contributed by atoms with Gasteiger partial charge in [-0.2, -0.15) is 0 Å². The van der Waals surface area contributed by atoms with Gasteiger partial charge in [0, 0.05) is 39.0 Å². The first-order chi connectivity index (χ1) is 10.1. The van der Waals surface area contributed by atoms with Crippen molar-refractivity contribution in [3.05, 3.63) is 18.5 Å². The molecule has 3 rings (SSSR count). The average molecular weight is 290 g/mol. The molecule has 1 atom stereocenters. The summed E-state index contributed by atoms with van der Waals surface area (Å²) in [5.74, 6) is 0.127. The molecule has 2 aliphatic rings. The number of nitrogens with two attached hydrogens (primary N) is 1. The van der Waals surface area contributed by atoms with E-state index in [1.165, 1.54) is 0 Å². The molecular formula is C15H22N4O2. The Balaban J connectivity index is 1.63. The lowest BCUT2D eigenvalue weighted by Gasteiger charge is -2.39. The molecule has 3 heterocycles. The molecule has 0 spiro atoms. The van der Waals surface area contributed by atoms with E-state index in [1.54, 1.807) is 12.4 Å². The number of aromatic nitrogens is 1. The second kappa shape index (κ2) is 5.52. The minimum atomic E-state index is -0.613. The Morgan fingerprint density at radius 2 is 2.14 bits per heavy atom. The van der Waals surface area contributed by atoms with Gasteiger partial charge >= 0.3 is 0 Å². The SMILES string of the molecule is CC1(C(=O)N2CCN(c3ccncc3N)CC2)CCCO1. The summed E-state index contributed by atoms with van der Waals surface area (Å²) in [5, 5.41) is 0. The van der Waals surface area contributed by atoms with Gasteiger partial charge in [-0.25, -0.2) is 0 Å². The Morgan fingerprint density at radius 1 is 1.38 bits per heavy atom. The van der Waals surface area contributed by atoms with Gasteiger partial charge in [0.15, 0.2) is 0 Å². The normalized spacial score (nSPS) is 26.1. The van der Waals surface area contributed by atoms with E-state index in [9.17, 15) is 4.79 Å². The maximum absolute atomic E-state index is 12.6. The first-order valence-corrected chi connectivity index (χ1v) is 7.48. The molecule has 2 fully saturated rings. The van der Waals surface area contributed by atoms with Crippen molar-refractivity contribution in [1.82, 2.24) is 9.88 Å². The minimum absolute atomic E-state index is 0.127. The van der Waals surface area contributed by atoms with E-state index in [0.717, 1.165) is 31.6 Å². The zero-order valence-corrected chi connectivity index (χ0v) is 12.4. The number of nitrogens with zero attached hydrogens (tertiary/aromatic N) is 3. The molecule has 1 aromatic rings. The standard InChI is InChI=1S/C15H22N4O2/c1-15(4-2-10-21-15)14(20)19-8-6-18(7-9-19)13-3-5-17-11-12(13)16/h3,5,11H,2,4,6-10,16H2,1H3. The molecule has 1 unspecified atom stereocenters. The van der Waals surface area contributed by atoms with Gasteiger partial charge in [-0.05, 0) is 25.8 Å². The molecule has 21 heavy (non-hydrogen) atoms. The van der Waals surface area contributed by atoms with Crippen LogP contribution >= 0.6 is 0 Å². The summed E-state index contributed by atoms with van der Waals surface area (Å²) in [6.07, 6.45) is 5.20. The number of amides is 1. The van der Waals surface area contributed by atoms with E-state index in [-0.39, 0.29) is 5.91 Å². The molecule has 6 heteroatoms. The summed E-state index contributed by atoms with van der Waals surface area (Å²) < 4.78 is 5.65. The van der Waals surface area contributed by atoms with Gasteiger partial charge in [0.05, 0.1) is 17.6 Å². The van der Waals surface area contributed by atoms with Gasteiger partial charge < -0.3 is 20.3 Å². The number of hydrogen-bond donors (Lipinski definition) is 1. The van der Waals surface area contributed by atoms with Crippen LogP contribution in [0.3, 0.4) is 0 Å². The van der Waals surface area contributed by atoms with Crippen LogP contribution < -0.4 is 10.6 Å². The third-order valence-corrected chi connectivity index (χ3v) is 4.41. The van der Waals surface area contributed by atoms with Crippen LogP contribution in [-0.2, 0) is 9.53 Å². The van der Waals surface area contributed by atoms with Crippen molar-refractivity contribution in [3.8, 4) is 0 Å². The molecule has 0 aromatic carbocycles. The number of nitrogen functional groups attached to an aromatic ring is 1. The number of piperazine rings is 1. The smallest absolute Gasteiger partial charge is 0.254 e. The Hall–Kier alpha value is -1.82. The summed E-state index contributed by atoms with van der Waals surface area (Å²) in [5.41, 5.74) is 7.03. The lowest BCUT2D eigenvalue weighted by Crippen LogP contribution is -2.54. The van der Waals surface area contributed by atoms with Gasteiger partial charge in [0.25, 0.3) is 5.91 Å². The topological polar surface area (TPSA) is 71.7 Å². The highest BCUT2D eigenvalue weighted by Crippen LogP contribution is 2.28. The quantitative estimate of drug-likeness (QED) is 0.875. The van der Waals surface area contributed by atoms with Crippen molar-refractivity contribution in [3.63, 3.8) is 0 Å². The monoisotopic (exact) mass is 290 g/mol. The molecule has 2 aliphatic heterocycles. The van der Waals surface area contributed by atoms with Crippen molar-refractivity contribution in [1.29, 1.82) is 0 Å². The number of pyridine rings is 1. The summed E-state index contributed by atoms with van der Waals surface area (Å²) in [6.45, 7) is 5.59. The number of anilines is 2. The first-order valence-electron chi connectivity index (χ1n) is 7.48. The molecular weight excluding hydrogens is 268 g/mol. The van der Waals surface area contributed by atoms with Crippen molar-refractivity contribution in [2.24, 2.45) is 0 Å². The lowest BCUT2D eigenvalue weighted by atomic mass is 10.0. The largest absolute Gasteiger partial charge is 0.396 e. The third kappa shape index (κ3) is 2.68. The van der Waals surface area contributed by atoms with Crippen molar-refractivity contribution in [2.45, 2.75) is 25.4 Å². The maximum Gasteiger partial charge on any atom is 0.254 e. The second-order valence-electron chi connectivity index (χ2n) is 5.90. The van der Waals surface area contributed by atoms with E-state index >= 15 is 0 Å². The van der Waals surface area contributed by atoms with Crippen molar-refractivity contribution in [2.75, 3.05) is 43.4 Å². The van der Waals surface area contributed by atoms with Gasteiger partial charge in [-0.15, -0.1) is 0 Å². The Morgan fingerprint density at radius 3 is 2.76 bits per heavy atom.